The maximum atomic E-state index is 11.3. The molecule has 90 valence electrons. The third-order valence-electron chi connectivity index (χ3n) is 1.84. The summed E-state index contributed by atoms with van der Waals surface area (Å²) < 4.78 is 0. The normalized spacial score (nSPS) is 10.8. The van der Waals surface area contributed by atoms with Crippen molar-refractivity contribution in [2.75, 3.05) is 14.1 Å². The molecule has 6 nitrogen and oxygen atoms in total. The van der Waals surface area contributed by atoms with Gasteiger partial charge in [0.05, 0.1) is 4.92 Å². The summed E-state index contributed by atoms with van der Waals surface area (Å²) in [5.41, 5.74) is 3.13. The Labute approximate surface area is 98.7 Å². The van der Waals surface area contributed by atoms with Crippen molar-refractivity contribution in [1.82, 2.24) is 10.4 Å². The number of nitro benzene ring substituents is 1. The number of rotatable bonds is 4. The van der Waals surface area contributed by atoms with Gasteiger partial charge < -0.3 is 0 Å². The van der Waals surface area contributed by atoms with Gasteiger partial charge in [-0.2, -0.15) is 0 Å². The highest BCUT2D eigenvalue weighted by Gasteiger charge is 2.04. The summed E-state index contributed by atoms with van der Waals surface area (Å²) in [4.78, 5) is 21.3. The van der Waals surface area contributed by atoms with Crippen LogP contribution < -0.4 is 5.43 Å². The summed E-state index contributed by atoms with van der Waals surface area (Å²) in [6.45, 7) is 0. The highest BCUT2D eigenvalue weighted by Crippen LogP contribution is 2.13. The van der Waals surface area contributed by atoms with Gasteiger partial charge in [-0.3, -0.25) is 20.3 Å². The molecule has 6 heteroatoms. The van der Waals surface area contributed by atoms with Crippen LogP contribution in [-0.2, 0) is 4.79 Å². The van der Waals surface area contributed by atoms with Crippen LogP contribution in [0.15, 0.2) is 30.3 Å². The number of non-ortho nitro benzene ring substituents is 1. The van der Waals surface area contributed by atoms with Crippen LogP contribution in [-0.4, -0.2) is 29.9 Å². The fourth-order valence-electron chi connectivity index (χ4n) is 1.17. The van der Waals surface area contributed by atoms with Crippen LogP contribution in [0.25, 0.3) is 6.08 Å². The van der Waals surface area contributed by atoms with Gasteiger partial charge in [-0.1, -0.05) is 12.1 Å². The molecule has 0 radical (unpaired) electrons. The van der Waals surface area contributed by atoms with Gasteiger partial charge in [0.1, 0.15) is 0 Å². The first kappa shape index (κ1) is 12.9. The molecule has 0 aliphatic heterocycles. The van der Waals surface area contributed by atoms with Gasteiger partial charge in [-0.15, -0.1) is 0 Å². The third kappa shape index (κ3) is 4.43. The number of hydrogen-bond acceptors (Lipinski definition) is 4. The minimum absolute atomic E-state index is 0.000155. The molecule has 1 N–H and O–H groups in total. The molecule has 0 aromatic heterocycles. The lowest BCUT2D eigenvalue weighted by Gasteiger charge is -2.08. The molecule has 17 heavy (non-hydrogen) atoms. The zero-order chi connectivity index (χ0) is 12.8. The number of benzene rings is 1. The molecule has 1 aromatic carbocycles. The van der Waals surface area contributed by atoms with Crippen molar-refractivity contribution in [3.8, 4) is 0 Å². The summed E-state index contributed by atoms with van der Waals surface area (Å²) in [6.07, 6.45) is 2.84. The Morgan fingerprint density at radius 2 is 2.18 bits per heavy atom. The van der Waals surface area contributed by atoms with Gasteiger partial charge in [0.25, 0.3) is 11.6 Å². The lowest BCUT2D eigenvalue weighted by molar-refractivity contribution is -0.384. The van der Waals surface area contributed by atoms with Crippen molar-refractivity contribution < 1.29 is 9.72 Å². The number of carbonyl (C=O) groups excluding carboxylic acids is 1. The van der Waals surface area contributed by atoms with E-state index in [1.807, 2.05) is 0 Å². The first-order chi connectivity index (χ1) is 7.99. The molecule has 0 atom stereocenters. The summed E-state index contributed by atoms with van der Waals surface area (Å²) in [5.74, 6) is -0.290. The van der Waals surface area contributed by atoms with Crippen LogP contribution in [0.1, 0.15) is 5.56 Å². The Kier molecular flexibility index (Phi) is 4.36. The van der Waals surface area contributed by atoms with Gasteiger partial charge in [-0.05, 0) is 11.6 Å². The maximum Gasteiger partial charge on any atom is 0.270 e. The summed E-state index contributed by atoms with van der Waals surface area (Å²) in [5, 5.41) is 12.0. The van der Waals surface area contributed by atoms with Gasteiger partial charge in [0.2, 0.25) is 0 Å². The van der Waals surface area contributed by atoms with Crippen LogP contribution in [0.3, 0.4) is 0 Å². The molecule has 1 amide bonds. The zero-order valence-corrected chi connectivity index (χ0v) is 9.58. The molecular formula is C11H13N3O3. The average Bonchev–Trinajstić information content (AvgIpc) is 2.26. The van der Waals surface area contributed by atoms with Crippen LogP contribution in [0, 0.1) is 10.1 Å². The summed E-state index contributed by atoms with van der Waals surface area (Å²) in [7, 11) is 3.39. The van der Waals surface area contributed by atoms with E-state index in [1.165, 1.54) is 29.3 Å². The topological polar surface area (TPSA) is 75.5 Å². The van der Waals surface area contributed by atoms with E-state index >= 15 is 0 Å². The molecule has 0 bridgehead atoms. The SMILES string of the molecule is CN(C)NC(=O)/C=C/c1cccc([N+](=O)[O-])c1. The number of carbonyl (C=O) groups is 1. The van der Waals surface area contributed by atoms with Crippen LogP contribution in [0.5, 0.6) is 0 Å². The molecule has 0 saturated carbocycles. The van der Waals surface area contributed by atoms with Gasteiger partial charge in [-0.25, -0.2) is 5.01 Å². The van der Waals surface area contributed by atoms with Crippen LogP contribution >= 0.6 is 0 Å². The van der Waals surface area contributed by atoms with Crippen LogP contribution in [0.2, 0.25) is 0 Å². The minimum Gasteiger partial charge on any atom is -0.286 e. The van der Waals surface area contributed by atoms with E-state index < -0.39 is 4.92 Å². The minimum atomic E-state index is -0.475. The second-order valence-corrected chi connectivity index (χ2v) is 3.56. The molecule has 0 aliphatic rings. The zero-order valence-electron chi connectivity index (χ0n) is 9.58. The monoisotopic (exact) mass is 235 g/mol. The van der Waals surface area contributed by atoms with E-state index in [-0.39, 0.29) is 11.6 Å². The van der Waals surface area contributed by atoms with Gasteiger partial charge in [0.15, 0.2) is 0 Å². The molecular weight excluding hydrogens is 222 g/mol. The van der Waals surface area contributed by atoms with Gasteiger partial charge in [0, 0.05) is 32.3 Å². The van der Waals surface area contributed by atoms with Crippen molar-refractivity contribution in [3.05, 3.63) is 46.0 Å². The standard InChI is InChI=1S/C11H13N3O3/c1-13(2)12-11(15)7-6-9-4-3-5-10(8-9)14(16)17/h3-8H,1-2H3,(H,12,15)/b7-6+. The van der Waals surface area contributed by atoms with Crippen molar-refractivity contribution in [3.63, 3.8) is 0 Å². The fourth-order valence-corrected chi connectivity index (χ4v) is 1.17. The lowest BCUT2D eigenvalue weighted by Crippen LogP contribution is -2.34. The quantitative estimate of drug-likeness (QED) is 0.483. The Balaban J connectivity index is 2.74. The average molecular weight is 235 g/mol. The van der Waals surface area contributed by atoms with E-state index in [2.05, 4.69) is 5.43 Å². The number of nitrogens with one attached hydrogen (secondary N) is 1. The fraction of sp³-hybridized carbons (Fsp3) is 0.182. The molecule has 0 heterocycles. The van der Waals surface area contributed by atoms with E-state index in [4.69, 9.17) is 0 Å². The molecule has 0 fully saturated rings. The molecule has 0 aliphatic carbocycles. The molecule has 1 aromatic rings. The number of amides is 1. The van der Waals surface area contributed by atoms with Crippen molar-refractivity contribution >= 4 is 17.7 Å². The molecule has 0 spiro atoms. The Bertz CT molecular complexity index is 455. The Morgan fingerprint density at radius 1 is 1.47 bits per heavy atom. The highest BCUT2D eigenvalue weighted by atomic mass is 16.6. The summed E-state index contributed by atoms with van der Waals surface area (Å²) in [6, 6.07) is 6.06. The van der Waals surface area contributed by atoms with E-state index in [1.54, 1.807) is 26.2 Å². The van der Waals surface area contributed by atoms with Crippen molar-refractivity contribution in [1.29, 1.82) is 0 Å². The Hall–Kier alpha value is -2.21. The van der Waals surface area contributed by atoms with Crippen molar-refractivity contribution in [2.24, 2.45) is 0 Å². The Morgan fingerprint density at radius 3 is 2.76 bits per heavy atom. The second-order valence-electron chi connectivity index (χ2n) is 3.56. The van der Waals surface area contributed by atoms with Crippen molar-refractivity contribution in [2.45, 2.75) is 0 Å². The first-order valence-electron chi connectivity index (χ1n) is 4.89. The molecule has 1 rings (SSSR count). The third-order valence-corrected chi connectivity index (χ3v) is 1.84. The predicted octanol–water partition coefficient (Wildman–Crippen LogP) is 1.20. The van der Waals surface area contributed by atoms with E-state index in [0.29, 0.717) is 5.56 Å². The number of nitro groups is 1. The van der Waals surface area contributed by atoms with Gasteiger partial charge >= 0.3 is 0 Å². The van der Waals surface area contributed by atoms with Crippen LogP contribution in [0.4, 0.5) is 5.69 Å². The largest absolute Gasteiger partial charge is 0.286 e. The highest BCUT2D eigenvalue weighted by molar-refractivity contribution is 5.91. The molecule has 0 unspecified atom stereocenters. The predicted molar refractivity (Wildman–Crippen MR) is 64.0 cm³/mol. The molecule has 0 saturated heterocycles. The lowest BCUT2D eigenvalue weighted by atomic mass is 10.2. The second kappa shape index (κ2) is 5.76. The summed E-state index contributed by atoms with van der Waals surface area (Å²) >= 11 is 0. The smallest absolute Gasteiger partial charge is 0.270 e. The maximum absolute atomic E-state index is 11.3. The van der Waals surface area contributed by atoms with E-state index in [0.717, 1.165) is 0 Å². The van der Waals surface area contributed by atoms with E-state index in [9.17, 15) is 14.9 Å². The first-order valence-corrected chi connectivity index (χ1v) is 4.89. The number of nitrogens with zero attached hydrogens (tertiary/aromatic N) is 2. The number of hydrogen-bond donors (Lipinski definition) is 1. The number of hydrazine groups is 1.